The Morgan fingerprint density at radius 1 is 0.889 bits per heavy atom. The van der Waals surface area contributed by atoms with Crippen LogP contribution in [0.4, 0.5) is 0 Å². The highest BCUT2D eigenvalue weighted by Crippen LogP contribution is 2.22. The van der Waals surface area contributed by atoms with Crippen molar-refractivity contribution in [3.8, 4) is 5.75 Å². The van der Waals surface area contributed by atoms with Crippen LogP contribution in [0, 0.1) is 20.8 Å². The van der Waals surface area contributed by atoms with Gasteiger partial charge in [-0.05, 0) is 69.9 Å². The summed E-state index contributed by atoms with van der Waals surface area (Å²) in [5.41, 5.74) is 4.73. The predicted octanol–water partition coefficient (Wildman–Crippen LogP) is 5.55. The van der Waals surface area contributed by atoms with Gasteiger partial charge in [0.15, 0.2) is 6.61 Å². The Hall–Kier alpha value is -3.60. The molecule has 5 nitrogen and oxygen atoms in total. The largest absolute Gasteiger partial charge is 0.483 e. The SMILES string of the molecule is Cc1cccc(CN(C(=O)COc2cccc(C)c2C)[C@@H](Cc2ccccc2)C(=O)NC(C)(C)C)c1. The summed E-state index contributed by atoms with van der Waals surface area (Å²) in [6, 6.07) is 23.0. The molecule has 3 rings (SSSR count). The lowest BCUT2D eigenvalue weighted by atomic mass is 10.0. The van der Waals surface area contributed by atoms with Gasteiger partial charge in [0.25, 0.3) is 5.91 Å². The summed E-state index contributed by atoms with van der Waals surface area (Å²) in [4.78, 5) is 29.0. The van der Waals surface area contributed by atoms with E-state index in [4.69, 9.17) is 4.74 Å². The first kappa shape index (κ1) is 27.0. The van der Waals surface area contributed by atoms with Crippen LogP contribution < -0.4 is 10.1 Å². The molecule has 190 valence electrons. The molecule has 1 N–H and O–H groups in total. The number of nitrogens with one attached hydrogen (secondary N) is 1. The number of amides is 2. The van der Waals surface area contributed by atoms with Gasteiger partial charge in [-0.2, -0.15) is 0 Å². The average molecular weight is 487 g/mol. The van der Waals surface area contributed by atoms with Gasteiger partial charge in [0.05, 0.1) is 0 Å². The minimum absolute atomic E-state index is 0.149. The van der Waals surface area contributed by atoms with Crippen molar-refractivity contribution in [2.24, 2.45) is 0 Å². The normalized spacial score (nSPS) is 12.1. The van der Waals surface area contributed by atoms with Gasteiger partial charge in [0.1, 0.15) is 11.8 Å². The van der Waals surface area contributed by atoms with E-state index in [1.54, 1.807) is 4.90 Å². The van der Waals surface area contributed by atoms with E-state index in [-0.39, 0.29) is 18.4 Å². The van der Waals surface area contributed by atoms with Crippen LogP contribution in [0.5, 0.6) is 5.75 Å². The molecular weight excluding hydrogens is 448 g/mol. The molecule has 0 saturated carbocycles. The standard InChI is InChI=1S/C31H38N2O3/c1-22-12-10-16-26(18-22)20-33(29(34)21-36-28-17-11-13-23(2)24(28)3)27(30(35)32-31(4,5)6)19-25-14-8-7-9-15-25/h7-18,27H,19-21H2,1-6H3,(H,32,35)/t27-/m0/s1. The van der Waals surface area contributed by atoms with Gasteiger partial charge in [0.2, 0.25) is 5.91 Å². The van der Waals surface area contributed by atoms with Crippen LogP contribution in [0.1, 0.15) is 48.6 Å². The highest BCUT2D eigenvalue weighted by atomic mass is 16.5. The van der Waals surface area contributed by atoms with Crippen LogP contribution in [0.2, 0.25) is 0 Å². The van der Waals surface area contributed by atoms with Crippen molar-refractivity contribution in [2.75, 3.05) is 6.61 Å². The molecule has 3 aromatic rings. The second kappa shape index (κ2) is 11.9. The first-order valence-electron chi connectivity index (χ1n) is 12.4. The van der Waals surface area contributed by atoms with Gasteiger partial charge in [0, 0.05) is 18.5 Å². The van der Waals surface area contributed by atoms with E-state index in [1.165, 1.54) is 0 Å². The Kier molecular flexibility index (Phi) is 8.92. The van der Waals surface area contributed by atoms with E-state index in [0.29, 0.717) is 18.7 Å². The Morgan fingerprint density at radius 2 is 1.56 bits per heavy atom. The number of aryl methyl sites for hydroxylation is 2. The third-order valence-electron chi connectivity index (χ3n) is 6.11. The quantitative estimate of drug-likeness (QED) is 0.432. The third kappa shape index (κ3) is 7.70. The Balaban J connectivity index is 1.95. The first-order chi connectivity index (χ1) is 17.0. The van der Waals surface area contributed by atoms with E-state index < -0.39 is 11.6 Å². The fourth-order valence-corrected chi connectivity index (χ4v) is 4.12. The van der Waals surface area contributed by atoms with E-state index in [9.17, 15) is 9.59 Å². The first-order valence-corrected chi connectivity index (χ1v) is 12.4. The zero-order valence-corrected chi connectivity index (χ0v) is 22.3. The molecule has 1 atom stereocenters. The van der Waals surface area contributed by atoms with Crippen molar-refractivity contribution in [1.29, 1.82) is 0 Å². The fraction of sp³-hybridized carbons (Fsp3) is 0.355. The number of benzene rings is 3. The van der Waals surface area contributed by atoms with Gasteiger partial charge in [-0.15, -0.1) is 0 Å². The highest BCUT2D eigenvalue weighted by molar-refractivity contribution is 5.89. The van der Waals surface area contributed by atoms with Crippen LogP contribution in [-0.4, -0.2) is 34.9 Å². The second-order valence-electron chi connectivity index (χ2n) is 10.4. The van der Waals surface area contributed by atoms with E-state index in [0.717, 1.165) is 27.8 Å². The highest BCUT2D eigenvalue weighted by Gasteiger charge is 2.32. The number of ether oxygens (including phenoxy) is 1. The molecule has 0 saturated heterocycles. The molecule has 2 amide bonds. The maximum absolute atomic E-state index is 13.7. The molecule has 0 aliphatic rings. The molecule has 0 radical (unpaired) electrons. The smallest absolute Gasteiger partial charge is 0.261 e. The van der Waals surface area contributed by atoms with Gasteiger partial charge in [-0.3, -0.25) is 9.59 Å². The number of hydrogen-bond donors (Lipinski definition) is 1. The van der Waals surface area contributed by atoms with Crippen molar-refractivity contribution >= 4 is 11.8 Å². The predicted molar refractivity (Wildman–Crippen MR) is 145 cm³/mol. The Bertz CT molecular complexity index is 1180. The lowest BCUT2D eigenvalue weighted by molar-refractivity contribution is -0.143. The summed E-state index contributed by atoms with van der Waals surface area (Å²) in [5, 5.41) is 3.09. The number of hydrogen-bond acceptors (Lipinski definition) is 3. The van der Waals surface area contributed by atoms with Crippen LogP contribution >= 0.6 is 0 Å². The number of carbonyl (C=O) groups excluding carboxylic acids is 2. The maximum atomic E-state index is 13.7. The zero-order chi connectivity index (χ0) is 26.3. The Labute approximate surface area is 215 Å². The van der Waals surface area contributed by atoms with Crippen LogP contribution in [0.25, 0.3) is 0 Å². The van der Waals surface area contributed by atoms with Crippen molar-refractivity contribution in [2.45, 2.75) is 66.1 Å². The summed E-state index contributed by atoms with van der Waals surface area (Å²) in [6.45, 7) is 12.0. The molecule has 0 fully saturated rings. The minimum atomic E-state index is -0.693. The van der Waals surface area contributed by atoms with Crippen molar-refractivity contribution < 1.29 is 14.3 Å². The van der Waals surface area contributed by atoms with Gasteiger partial charge < -0.3 is 15.0 Å². The van der Waals surface area contributed by atoms with Gasteiger partial charge >= 0.3 is 0 Å². The summed E-state index contributed by atoms with van der Waals surface area (Å²) in [5.74, 6) is 0.263. The van der Waals surface area contributed by atoms with Crippen molar-refractivity contribution in [3.05, 3.63) is 101 Å². The monoisotopic (exact) mass is 486 g/mol. The fourth-order valence-electron chi connectivity index (χ4n) is 4.12. The zero-order valence-electron chi connectivity index (χ0n) is 22.3. The number of rotatable bonds is 9. The molecule has 0 heterocycles. The van der Waals surface area contributed by atoms with Gasteiger partial charge in [-0.1, -0.05) is 72.3 Å². The van der Waals surface area contributed by atoms with Crippen molar-refractivity contribution in [1.82, 2.24) is 10.2 Å². The maximum Gasteiger partial charge on any atom is 0.261 e. The molecule has 36 heavy (non-hydrogen) atoms. The summed E-state index contributed by atoms with van der Waals surface area (Å²) >= 11 is 0. The molecule has 0 aromatic heterocycles. The second-order valence-corrected chi connectivity index (χ2v) is 10.4. The molecule has 3 aromatic carbocycles. The van der Waals surface area contributed by atoms with Crippen molar-refractivity contribution in [3.63, 3.8) is 0 Å². The molecule has 0 aliphatic heterocycles. The lowest BCUT2D eigenvalue weighted by Crippen LogP contribution is -2.55. The molecular formula is C31H38N2O3. The number of carbonyl (C=O) groups is 2. The summed E-state index contributed by atoms with van der Waals surface area (Å²) in [6.07, 6.45) is 0.407. The number of nitrogens with zero attached hydrogens (tertiary/aromatic N) is 1. The minimum Gasteiger partial charge on any atom is -0.483 e. The molecule has 0 spiro atoms. The molecule has 5 heteroatoms. The lowest BCUT2D eigenvalue weighted by Gasteiger charge is -2.34. The average Bonchev–Trinajstić information content (AvgIpc) is 2.81. The topological polar surface area (TPSA) is 58.6 Å². The van der Waals surface area contributed by atoms with E-state index in [2.05, 4.69) is 5.32 Å². The van der Waals surface area contributed by atoms with Crippen LogP contribution in [-0.2, 0) is 22.6 Å². The molecule has 0 aliphatic carbocycles. The van der Waals surface area contributed by atoms with E-state index >= 15 is 0 Å². The summed E-state index contributed by atoms with van der Waals surface area (Å²) in [7, 11) is 0. The van der Waals surface area contributed by atoms with Crippen LogP contribution in [0.15, 0.2) is 72.8 Å². The Morgan fingerprint density at radius 3 is 2.22 bits per heavy atom. The van der Waals surface area contributed by atoms with Crippen LogP contribution in [0.3, 0.4) is 0 Å². The summed E-state index contributed by atoms with van der Waals surface area (Å²) < 4.78 is 5.98. The molecule has 0 unspecified atom stereocenters. The van der Waals surface area contributed by atoms with Gasteiger partial charge in [-0.25, -0.2) is 0 Å². The molecule has 0 bridgehead atoms. The van der Waals surface area contributed by atoms with E-state index in [1.807, 2.05) is 114 Å². The third-order valence-corrected chi connectivity index (χ3v) is 6.11.